The number of carbonyl (C=O) groups excluding carboxylic acids is 1. The highest BCUT2D eigenvalue weighted by Crippen LogP contribution is 2.20. The molecular formula is C17H24N2O2. The van der Waals surface area contributed by atoms with E-state index < -0.39 is 0 Å². The van der Waals surface area contributed by atoms with E-state index in [1.165, 1.54) is 25.8 Å². The number of rotatable bonds is 3. The van der Waals surface area contributed by atoms with Crippen molar-refractivity contribution in [2.75, 3.05) is 32.7 Å². The fraction of sp³-hybridized carbons (Fsp3) is 0.588. The second-order valence-corrected chi connectivity index (χ2v) is 6.11. The van der Waals surface area contributed by atoms with E-state index in [2.05, 4.69) is 17.1 Å². The molecule has 0 N–H and O–H groups in total. The van der Waals surface area contributed by atoms with Gasteiger partial charge in [-0.05, 0) is 44.2 Å². The lowest BCUT2D eigenvalue weighted by molar-refractivity contribution is 0.0759. The molecule has 2 heterocycles. The van der Waals surface area contributed by atoms with Gasteiger partial charge >= 0.3 is 0 Å². The van der Waals surface area contributed by atoms with Gasteiger partial charge in [0.15, 0.2) is 0 Å². The maximum absolute atomic E-state index is 12.3. The molecule has 4 nitrogen and oxygen atoms in total. The summed E-state index contributed by atoms with van der Waals surface area (Å²) in [6.45, 7) is 4.95. The molecule has 0 saturated carbocycles. The van der Waals surface area contributed by atoms with Gasteiger partial charge in [-0.25, -0.2) is 0 Å². The summed E-state index contributed by atoms with van der Waals surface area (Å²) >= 11 is 0. The fourth-order valence-corrected chi connectivity index (χ4v) is 3.31. The van der Waals surface area contributed by atoms with Gasteiger partial charge in [-0.3, -0.25) is 4.79 Å². The molecule has 3 rings (SSSR count). The molecule has 1 saturated heterocycles. The van der Waals surface area contributed by atoms with Gasteiger partial charge in [0, 0.05) is 26.2 Å². The SMILES string of the molecule is O=C(c1ccoc1)N1CCCN(CC2CC=CCC2)CC1. The van der Waals surface area contributed by atoms with Crippen LogP contribution in [-0.4, -0.2) is 48.4 Å². The van der Waals surface area contributed by atoms with Crippen molar-refractivity contribution in [1.82, 2.24) is 9.80 Å². The van der Waals surface area contributed by atoms with Gasteiger partial charge in [0.1, 0.15) is 6.26 Å². The van der Waals surface area contributed by atoms with Crippen LogP contribution in [0.15, 0.2) is 35.2 Å². The van der Waals surface area contributed by atoms with Crippen LogP contribution in [0.1, 0.15) is 36.0 Å². The zero-order valence-electron chi connectivity index (χ0n) is 12.5. The molecule has 1 aliphatic carbocycles. The second kappa shape index (κ2) is 6.94. The molecule has 1 atom stereocenters. The standard InChI is InChI=1S/C17H24N2O2/c20-17(16-7-12-21-14-16)19-9-4-8-18(10-11-19)13-15-5-2-1-3-6-15/h1-2,7,12,14-15H,3-6,8-11,13H2. The molecular weight excluding hydrogens is 264 g/mol. The number of amides is 1. The third kappa shape index (κ3) is 3.76. The van der Waals surface area contributed by atoms with Gasteiger partial charge in [0.05, 0.1) is 11.8 Å². The summed E-state index contributed by atoms with van der Waals surface area (Å²) in [6.07, 6.45) is 12.5. The molecule has 1 amide bonds. The Bertz CT molecular complexity index is 481. The third-order valence-corrected chi connectivity index (χ3v) is 4.54. The van der Waals surface area contributed by atoms with Crippen LogP contribution in [0.5, 0.6) is 0 Å². The number of carbonyl (C=O) groups is 1. The van der Waals surface area contributed by atoms with E-state index in [-0.39, 0.29) is 5.91 Å². The smallest absolute Gasteiger partial charge is 0.257 e. The lowest BCUT2D eigenvalue weighted by atomic mass is 9.94. The molecule has 1 aromatic rings. The number of hydrogen-bond acceptors (Lipinski definition) is 3. The quantitative estimate of drug-likeness (QED) is 0.803. The van der Waals surface area contributed by atoms with Gasteiger partial charge in [-0.1, -0.05) is 12.2 Å². The largest absolute Gasteiger partial charge is 0.472 e. The van der Waals surface area contributed by atoms with Crippen LogP contribution in [-0.2, 0) is 0 Å². The van der Waals surface area contributed by atoms with E-state index >= 15 is 0 Å². The maximum Gasteiger partial charge on any atom is 0.257 e. The molecule has 0 bridgehead atoms. The first-order valence-electron chi connectivity index (χ1n) is 8.02. The Hall–Kier alpha value is -1.55. The molecule has 1 fully saturated rings. The molecule has 2 aliphatic rings. The van der Waals surface area contributed by atoms with Crippen LogP contribution in [0.4, 0.5) is 0 Å². The molecule has 0 radical (unpaired) electrons. The van der Waals surface area contributed by atoms with Crippen LogP contribution in [0.3, 0.4) is 0 Å². The number of allylic oxidation sites excluding steroid dienone is 2. The molecule has 4 heteroatoms. The normalized spacial score (nSPS) is 24.0. The summed E-state index contributed by atoms with van der Waals surface area (Å²) in [7, 11) is 0. The lowest BCUT2D eigenvalue weighted by Crippen LogP contribution is -2.36. The first-order valence-corrected chi connectivity index (χ1v) is 8.02. The van der Waals surface area contributed by atoms with Gasteiger partial charge in [0.2, 0.25) is 0 Å². The predicted octanol–water partition coefficient (Wildman–Crippen LogP) is 2.78. The molecule has 0 aromatic carbocycles. The Kier molecular flexibility index (Phi) is 4.76. The predicted molar refractivity (Wildman–Crippen MR) is 82.1 cm³/mol. The van der Waals surface area contributed by atoms with Crippen molar-refractivity contribution in [3.63, 3.8) is 0 Å². The van der Waals surface area contributed by atoms with Crippen molar-refractivity contribution < 1.29 is 9.21 Å². The minimum atomic E-state index is 0.103. The summed E-state index contributed by atoms with van der Waals surface area (Å²) in [5, 5.41) is 0. The molecule has 114 valence electrons. The Morgan fingerprint density at radius 1 is 1.24 bits per heavy atom. The summed E-state index contributed by atoms with van der Waals surface area (Å²) in [5.74, 6) is 0.900. The highest BCUT2D eigenvalue weighted by atomic mass is 16.3. The number of nitrogens with zero attached hydrogens (tertiary/aromatic N) is 2. The topological polar surface area (TPSA) is 36.7 Å². The van der Waals surface area contributed by atoms with Crippen molar-refractivity contribution >= 4 is 5.91 Å². The van der Waals surface area contributed by atoms with Gasteiger partial charge in [-0.15, -0.1) is 0 Å². The Balaban J connectivity index is 1.52. The average Bonchev–Trinajstić information content (AvgIpc) is 2.95. The molecule has 21 heavy (non-hydrogen) atoms. The van der Waals surface area contributed by atoms with Crippen molar-refractivity contribution in [1.29, 1.82) is 0 Å². The van der Waals surface area contributed by atoms with Crippen LogP contribution in [0, 0.1) is 5.92 Å². The van der Waals surface area contributed by atoms with Crippen molar-refractivity contribution in [2.45, 2.75) is 25.7 Å². The summed E-state index contributed by atoms with van der Waals surface area (Å²) in [6, 6.07) is 1.75. The fourth-order valence-electron chi connectivity index (χ4n) is 3.31. The minimum absolute atomic E-state index is 0.103. The van der Waals surface area contributed by atoms with Crippen molar-refractivity contribution in [3.05, 3.63) is 36.3 Å². The van der Waals surface area contributed by atoms with Crippen LogP contribution in [0.25, 0.3) is 0 Å². The number of hydrogen-bond donors (Lipinski definition) is 0. The zero-order chi connectivity index (χ0) is 14.5. The van der Waals surface area contributed by atoms with Gasteiger partial charge < -0.3 is 14.2 Å². The van der Waals surface area contributed by atoms with E-state index in [4.69, 9.17) is 4.42 Å². The van der Waals surface area contributed by atoms with Crippen LogP contribution < -0.4 is 0 Å². The van der Waals surface area contributed by atoms with E-state index in [1.54, 1.807) is 18.6 Å². The van der Waals surface area contributed by atoms with E-state index in [0.717, 1.165) is 38.5 Å². The minimum Gasteiger partial charge on any atom is -0.472 e. The average molecular weight is 288 g/mol. The summed E-state index contributed by atoms with van der Waals surface area (Å²) < 4.78 is 5.01. The highest BCUT2D eigenvalue weighted by Gasteiger charge is 2.22. The van der Waals surface area contributed by atoms with Gasteiger partial charge in [0.25, 0.3) is 5.91 Å². The van der Waals surface area contributed by atoms with E-state index in [0.29, 0.717) is 5.56 Å². The Morgan fingerprint density at radius 3 is 2.95 bits per heavy atom. The Labute approximate surface area is 126 Å². The summed E-state index contributed by atoms with van der Waals surface area (Å²) in [4.78, 5) is 16.8. The van der Waals surface area contributed by atoms with Crippen molar-refractivity contribution in [3.8, 4) is 0 Å². The van der Waals surface area contributed by atoms with E-state index in [9.17, 15) is 4.79 Å². The molecule has 1 aliphatic heterocycles. The van der Waals surface area contributed by atoms with Crippen LogP contribution >= 0.6 is 0 Å². The lowest BCUT2D eigenvalue weighted by Gasteiger charge is -2.27. The summed E-state index contributed by atoms with van der Waals surface area (Å²) in [5.41, 5.74) is 0.667. The molecule has 1 aromatic heterocycles. The third-order valence-electron chi connectivity index (χ3n) is 4.54. The second-order valence-electron chi connectivity index (χ2n) is 6.11. The highest BCUT2D eigenvalue weighted by molar-refractivity contribution is 5.93. The Morgan fingerprint density at radius 2 is 2.19 bits per heavy atom. The first kappa shape index (κ1) is 14.4. The molecule has 1 unspecified atom stereocenters. The zero-order valence-corrected chi connectivity index (χ0v) is 12.5. The van der Waals surface area contributed by atoms with Gasteiger partial charge in [-0.2, -0.15) is 0 Å². The van der Waals surface area contributed by atoms with Crippen molar-refractivity contribution in [2.24, 2.45) is 5.92 Å². The van der Waals surface area contributed by atoms with Crippen LogP contribution in [0.2, 0.25) is 0 Å². The first-order chi connectivity index (χ1) is 10.3. The maximum atomic E-state index is 12.3. The molecule has 0 spiro atoms. The number of furan rings is 1. The van der Waals surface area contributed by atoms with E-state index in [1.807, 2.05) is 4.90 Å². The monoisotopic (exact) mass is 288 g/mol.